The number of carbonyl (C=O) groups excluding carboxylic acids is 3. The van der Waals surface area contributed by atoms with E-state index in [-0.39, 0.29) is 5.57 Å². The Kier molecular flexibility index (Phi) is 5.97. The second-order valence-electron chi connectivity index (χ2n) is 6.42. The lowest BCUT2D eigenvalue weighted by molar-refractivity contribution is -0.122. The van der Waals surface area contributed by atoms with Crippen LogP contribution < -0.4 is 19.9 Å². The van der Waals surface area contributed by atoms with Crippen molar-refractivity contribution in [3.05, 3.63) is 59.7 Å². The summed E-state index contributed by atoms with van der Waals surface area (Å²) in [6, 6.07) is 13.3. The van der Waals surface area contributed by atoms with Gasteiger partial charge in [-0.3, -0.25) is 14.9 Å². The second kappa shape index (κ2) is 8.60. The molecule has 0 aliphatic carbocycles. The number of hydrogen-bond acceptors (Lipinski definition) is 5. The number of anilines is 2. The van der Waals surface area contributed by atoms with E-state index in [1.807, 2.05) is 24.3 Å². The SMILES string of the molecule is CCN(CC)c1ccc(/C=C2/C(=O)NC(=O)N(c3cccc(OC)c3)C2=O)cc1. The van der Waals surface area contributed by atoms with Crippen LogP contribution in [0.25, 0.3) is 6.08 Å². The second-order valence-corrected chi connectivity index (χ2v) is 6.42. The highest BCUT2D eigenvalue weighted by molar-refractivity contribution is 6.39. The Balaban J connectivity index is 1.93. The van der Waals surface area contributed by atoms with Gasteiger partial charge in [-0.25, -0.2) is 9.69 Å². The molecular formula is C22H23N3O4. The molecule has 7 nitrogen and oxygen atoms in total. The van der Waals surface area contributed by atoms with E-state index in [9.17, 15) is 14.4 Å². The van der Waals surface area contributed by atoms with E-state index in [2.05, 4.69) is 24.1 Å². The summed E-state index contributed by atoms with van der Waals surface area (Å²) in [4.78, 5) is 40.7. The molecule has 4 amide bonds. The molecule has 0 aromatic heterocycles. The van der Waals surface area contributed by atoms with E-state index < -0.39 is 17.8 Å². The maximum Gasteiger partial charge on any atom is 0.335 e. The van der Waals surface area contributed by atoms with E-state index in [4.69, 9.17) is 4.74 Å². The Morgan fingerprint density at radius 2 is 1.72 bits per heavy atom. The zero-order valence-corrected chi connectivity index (χ0v) is 16.6. The van der Waals surface area contributed by atoms with Gasteiger partial charge in [-0.05, 0) is 49.8 Å². The predicted octanol–water partition coefficient (Wildman–Crippen LogP) is 3.21. The Morgan fingerprint density at radius 1 is 1.03 bits per heavy atom. The normalized spacial score (nSPS) is 15.5. The van der Waals surface area contributed by atoms with Crippen molar-refractivity contribution in [3.8, 4) is 5.75 Å². The molecule has 150 valence electrons. The standard InChI is InChI=1S/C22H23N3O4/c1-4-24(5-2)16-11-9-15(10-12-16)13-19-20(26)23-22(28)25(21(19)27)17-7-6-8-18(14-17)29-3/h6-14H,4-5H2,1-3H3,(H,23,26,28)/b19-13-. The van der Waals surface area contributed by atoms with Gasteiger partial charge in [-0.15, -0.1) is 0 Å². The van der Waals surface area contributed by atoms with E-state index in [1.54, 1.807) is 24.3 Å². The molecule has 1 fully saturated rings. The van der Waals surface area contributed by atoms with Crippen LogP contribution in [0.4, 0.5) is 16.2 Å². The molecule has 1 N–H and O–H groups in total. The molecule has 29 heavy (non-hydrogen) atoms. The van der Waals surface area contributed by atoms with Crippen LogP contribution in [-0.2, 0) is 9.59 Å². The number of carbonyl (C=O) groups is 3. The predicted molar refractivity (Wildman–Crippen MR) is 112 cm³/mol. The lowest BCUT2D eigenvalue weighted by Gasteiger charge is -2.26. The summed E-state index contributed by atoms with van der Waals surface area (Å²) in [7, 11) is 1.49. The van der Waals surface area contributed by atoms with Crippen LogP contribution in [0.3, 0.4) is 0 Å². The summed E-state index contributed by atoms with van der Waals surface area (Å²) < 4.78 is 5.15. The Morgan fingerprint density at radius 3 is 2.34 bits per heavy atom. The molecule has 0 saturated carbocycles. The van der Waals surface area contributed by atoms with Gasteiger partial charge in [-0.1, -0.05) is 18.2 Å². The molecule has 2 aromatic rings. The third-order valence-electron chi connectivity index (χ3n) is 4.75. The largest absolute Gasteiger partial charge is 0.497 e. The summed E-state index contributed by atoms with van der Waals surface area (Å²) in [5.41, 5.74) is 1.97. The van der Waals surface area contributed by atoms with Gasteiger partial charge in [0.25, 0.3) is 11.8 Å². The fourth-order valence-corrected chi connectivity index (χ4v) is 3.18. The van der Waals surface area contributed by atoms with E-state index in [0.29, 0.717) is 17.0 Å². The summed E-state index contributed by atoms with van der Waals surface area (Å²) >= 11 is 0. The van der Waals surface area contributed by atoms with Crippen LogP contribution in [0.1, 0.15) is 19.4 Å². The van der Waals surface area contributed by atoms with Gasteiger partial charge >= 0.3 is 6.03 Å². The first-order valence-corrected chi connectivity index (χ1v) is 9.39. The number of rotatable bonds is 6. The third-order valence-corrected chi connectivity index (χ3v) is 4.75. The van der Waals surface area contributed by atoms with Crippen LogP contribution in [-0.4, -0.2) is 38.0 Å². The van der Waals surface area contributed by atoms with E-state index in [1.165, 1.54) is 13.2 Å². The number of methoxy groups -OCH3 is 1. The monoisotopic (exact) mass is 393 g/mol. The highest BCUT2D eigenvalue weighted by Gasteiger charge is 2.36. The van der Waals surface area contributed by atoms with Gasteiger partial charge in [0.1, 0.15) is 11.3 Å². The van der Waals surface area contributed by atoms with Crippen molar-refractivity contribution >= 4 is 35.3 Å². The van der Waals surface area contributed by atoms with Crippen molar-refractivity contribution < 1.29 is 19.1 Å². The Hall–Kier alpha value is -3.61. The van der Waals surface area contributed by atoms with Crippen LogP contribution >= 0.6 is 0 Å². The van der Waals surface area contributed by atoms with Crippen molar-refractivity contribution in [2.24, 2.45) is 0 Å². The molecular weight excluding hydrogens is 370 g/mol. The van der Waals surface area contributed by atoms with Gasteiger partial charge in [0.2, 0.25) is 0 Å². The Bertz CT molecular complexity index is 962. The van der Waals surface area contributed by atoms with E-state index >= 15 is 0 Å². The topological polar surface area (TPSA) is 79.0 Å². The lowest BCUT2D eigenvalue weighted by atomic mass is 10.1. The molecule has 0 spiro atoms. The quantitative estimate of drug-likeness (QED) is 0.602. The zero-order chi connectivity index (χ0) is 21.0. The van der Waals surface area contributed by atoms with E-state index in [0.717, 1.165) is 23.7 Å². The molecule has 0 radical (unpaired) electrons. The molecule has 1 aliphatic heterocycles. The van der Waals surface area contributed by atoms with Crippen LogP contribution in [0.15, 0.2) is 54.1 Å². The number of hydrogen-bond donors (Lipinski definition) is 1. The van der Waals surface area contributed by atoms with Crippen molar-refractivity contribution in [1.82, 2.24) is 5.32 Å². The highest BCUT2D eigenvalue weighted by atomic mass is 16.5. The number of nitrogens with one attached hydrogen (secondary N) is 1. The summed E-state index contributed by atoms with van der Waals surface area (Å²) in [5, 5.41) is 2.22. The molecule has 1 heterocycles. The zero-order valence-electron chi connectivity index (χ0n) is 16.6. The van der Waals surface area contributed by atoms with Gasteiger partial charge in [-0.2, -0.15) is 0 Å². The fraction of sp³-hybridized carbons (Fsp3) is 0.227. The molecule has 3 rings (SSSR count). The first-order valence-electron chi connectivity index (χ1n) is 9.39. The maximum absolute atomic E-state index is 12.9. The molecule has 1 aliphatic rings. The van der Waals surface area contributed by atoms with Gasteiger partial charge in [0, 0.05) is 24.8 Å². The highest BCUT2D eigenvalue weighted by Crippen LogP contribution is 2.25. The average molecular weight is 393 g/mol. The number of urea groups is 1. The lowest BCUT2D eigenvalue weighted by Crippen LogP contribution is -2.54. The number of amides is 4. The maximum atomic E-state index is 12.9. The van der Waals surface area contributed by atoms with Gasteiger partial charge < -0.3 is 9.64 Å². The van der Waals surface area contributed by atoms with Crippen molar-refractivity contribution in [2.75, 3.05) is 30.0 Å². The van der Waals surface area contributed by atoms with Crippen LogP contribution in [0, 0.1) is 0 Å². The summed E-state index contributed by atoms with van der Waals surface area (Å²) in [6.45, 7) is 5.92. The van der Waals surface area contributed by atoms with Crippen molar-refractivity contribution in [1.29, 1.82) is 0 Å². The first kappa shape index (κ1) is 20.1. The van der Waals surface area contributed by atoms with Gasteiger partial charge in [0.15, 0.2) is 0 Å². The molecule has 1 saturated heterocycles. The average Bonchev–Trinajstić information content (AvgIpc) is 2.73. The molecule has 0 unspecified atom stereocenters. The minimum atomic E-state index is -0.790. The molecule has 2 aromatic carbocycles. The van der Waals surface area contributed by atoms with Gasteiger partial charge in [0.05, 0.1) is 12.8 Å². The summed E-state index contributed by atoms with van der Waals surface area (Å²) in [5.74, 6) is -0.899. The van der Waals surface area contributed by atoms with Crippen molar-refractivity contribution in [3.63, 3.8) is 0 Å². The third kappa shape index (κ3) is 4.13. The molecule has 0 bridgehead atoms. The number of benzene rings is 2. The number of imide groups is 2. The molecule has 0 atom stereocenters. The number of barbiturate groups is 1. The van der Waals surface area contributed by atoms with Crippen LogP contribution in [0.2, 0.25) is 0 Å². The minimum Gasteiger partial charge on any atom is -0.497 e. The number of nitrogens with zero attached hydrogens (tertiary/aromatic N) is 2. The molecule has 7 heteroatoms. The number of ether oxygens (including phenoxy) is 1. The Labute approximate surface area is 169 Å². The summed E-state index contributed by atoms with van der Waals surface area (Å²) in [6.07, 6.45) is 1.49. The van der Waals surface area contributed by atoms with Crippen molar-refractivity contribution in [2.45, 2.75) is 13.8 Å². The first-order chi connectivity index (χ1) is 14.0. The fourth-order valence-electron chi connectivity index (χ4n) is 3.18. The minimum absolute atomic E-state index is 0.108. The van der Waals surface area contributed by atoms with Crippen LogP contribution in [0.5, 0.6) is 5.75 Å². The smallest absolute Gasteiger partial charge is 0.335 e.